The number of sulfonamides is 1. The van der Waals surface area contributed by atoms with Crippen LogP contribution in [0.2, 0.25) is 0 Å². The highest BCUT2D eigenvalue weighted by Gasteiger charge is 2.15. The van der Waals surface area contributed by atoms with Gasteiger partial charge >= 0.3 is 0 Å². The Morgan fingerprint density at radius 3 is 2.35 bits per heavy atom. The second-order valence-electron chi connectivity index (χ2n) is 5.40. The molecule has 2 N–H and O–H groups in total. The van der Waals surface area contributed by atoms with Crippen molar-refractivity contribution < 1.29 is 8.42 Å². The Morgan fingerprint density at radius 1 is 1.10 bits per heavy atom. The van der Waals surface area contributed by atoms with E-state index in [2.05, 4.69) is 10.0 Å². The zero-order chi connectivity index (χ0) is 14.4. The molecule has 0 unspecified atom stereocenters. The highest BCUT2D eigenvalue weighted by molar-refractivity contribution is 7.89. The van der Waals surface area contributed by atoms with E-state index in [1.807, 2.05) is 19.1 Å². The minimum atomic E-state index is -3.35. The first-order chi connectivity index (χ1) is 9.62. The van der Waals surface area contributed by atoms with E-state index in [0.717, 1.165) is 12.1 Å². The summed E-state index contributed by atoms with van der Waals surface area (Å²) in [7, 11) is -3.35. The normalized spacial score (nSPS) is 17.1. The maximum atomic E-state index is 12.0. The topological polar surface area (TPSA) is 58.2 Å². The fourth-order valence-corrected chi connectivity index (χ4v) is 3.67. The molecule has 1 fully saturated rings. The Balaban J connectivity index is 1.98. The minimum Gasteiger partial charge on any atom is -0.382 e. The molecule has 0 heterocycles. The van der Waals surface area contributed by atoms with Gasteiger partial charge in [0.1, 0.15) is 0 Å². The smallest absolute Gasteiger partial charge is 0.240 e. The fraction of sp³-hybridized carbons (Fsp3) is 0.600. The third kappa shape index (κ3) is 4.21. The van der Waals surface area contributed by atoms with Crippen molar-refractivity contribution in [2.75, 3.05) is 11.9 Å². The molecule has 0 amide bonds. The van der Waals surface area contributed by atoms with Crippen LogP contribution in [0.1, 0.15) is 45.4 Å². The standard InChI is InChI=1S/C15H24N2O2S/c1-2-12-16-20(18,19)15-10-8-14(9-11-15)17-13-6-4-3-5-7-13/h8-11,13,16-17H,2-7,12H2,1H3. The zero-order valence-corrected chi connectivity index (χ0v) is 12.9. The molecule has 20 heavy (non-hydrogen) atoms. The summed E-state index contributed by atoms with van der Waals surface area (Å²) in [5, 5.41) is 3.49. The Labute approximate surface area is 122 Å². The van der Waals surface area contributed by atoms with Crippen LogP contribution in [0.15, 0.2) is 29.2 Å². The lowest BCUT2D eigenvalue weighted by Crippen LogP contribution is -2.24. The first-order valence-electron chi connectivity index (χ1n) is 7.48. The van der Waals surface area contributed by atoms with Crippen LogP contribution in [0, 0.1) is 0 Å². The van der Waals surface area contributed by atoms with Crippen LogP contribution in [-0.2, 0) is 10.0 Å². The first-order valence-corrected chi connectivity index (χ1v) is 8.96. The van der Waals surface area contributed by atoms with Crippen LogP contribution < -0.4 is 10.0 Å². The molecule has 0 aromatic heterocycles. The molecule has 0 radical (unpaired) electrons. The molecular formula is C15H24N2O2S. The van der Waals surface area contributed by atoms with Crippen LogP contribution >= 0.6 is 0 Å². The predicted molar refractivity (Wildman–Crippen MR) is 82.4 cm³/mol. The zero-order valence-electron chi connectivity index (χ0n) is 12.1. The lowest BCUT2D eigenvalue weighted by molar-refractivity contribution is 0.463. The Kier molecular flexibility index (Phi) is 5.43. The summed E-state index contributed by atoms with van der Waals surface area (Å²) in [5.41, 5.74) is 1.01. The summed E-state index contributed by atoms with van der Waals surface area (Å²) in [4.78, 5) is 0.333. The summed E-state index contributed by atoms with van der Waals surface area (Å²) in [5.74, 6) is 0. The Morgan fingerprint density at radius 2 is 1.75 bits per heavy atom. The van der Waals surface area contributed by atoms with E-state index in [1.54, 1.807) is 12.1 Å². The maximum absolute atomic E-state index is 12.0. The second-order valence-corrected chi connectivity index (χ2v) is 7.17. The molecule has 1 aromatic rings. The summed E-state index contributed by atoms with van der Waals surface area (Å²) >= 11 is 0. The molecule has 5 heteroatoms. The molecule has 4 nitrogen and oxygen atoms in total. The second kappa shape index (κ2) is 7.09. The average Bonchev–Trinajstić information content (AvgIpc) is 2.47. The molecule has 0 spiro atoms. The van der Waals surface area contributed by atoms with Gasteiger partial charge in [-0.15, -0.1) is 0 Å². The lowest BCUT2D eigenvalue weighted by atomic mass is 9.95. The van der Waals surface area contributed by atoms with Crippen molar-refractivity contribution in [3.8, 4) is 0 Å². The number of rotatable bonds is 6. The van der Waals surface area contributed by atoms with Gasteiger partial charge in [0.15, 0.2) is 0 Å². The van der Waals surface area contributed by atoms with Gasteiger partial charge in [0.05, 0.1) is 4.90 Å². The van der Waals surface area contributed by atoms with Crippen LogP contribution in [0.25, 0.3) is 0 Å². The largest absolute Gasteiger partial charge is 0.382 e. The van der Waals surface area contributed by atoms with Crippen molar-refractivity contribution in [2.24, 2.45) is 0 Å². The summed E-state index contributed by atoms with van der Waals surface area (Å²) in [6.07, 6.45) is 7.10. The van der Waals surface area contributed by atoms with Crippen molar-refractivity contribution in [3.05, 3.63) is 24.3 Å². The van der Waals surface area contributed by atoms with E-state index >= 15 is 0 Å². The quantitative estimate of drug-likeness (QED) is 0.848. The highest BCUT2D eigenvalue weighted by atomic mass is 32.2. The van der Waals surface area contributed by atoms with Crippen molar-refractivity contribution in [3.63, 3.8) is 0 Å². The van der Waals surface area contributed by atoms with E-state index < -0.39 is 10.0 Å². The number of nitrogens with one attached hydrogen (secondary N) is 2. The molecule has 0 bridgehead atoms. The molecule has 0 saturated heterocycles. The lowest BCUT2D eigenvalue weighted by Gasteiger charge is -2.23. The van der Waals surface area contributed by atoms with E-state index in [0.29, 0.717) is 17.5 Å². The van der Waals surface area contributed by atoms with Crippen LogP contribution in [0.5, 0.6) is 0 Å². The van der Waals surface area contributed by atoms with Gasteiger partial charge in [-0.25, -0.2) is 13.1 Å². The fourth-order valence-electron chi connectivity index (χ4n) is 2.53. The van der Waals surface area contributed by atoms with E-state index in [4.69, 9.17) is 0 Å². The van der Waals surface area contributed by atoms with Gasteiger partial charge in [0.2, 0.25) is 10.0 Å². The maximum Gasteiger partial charge on any atom is 0.240 e. The molecule has 0 aliphatic heterocycles. The highest BCUT2D eigenvalue weighted by Crippen LogP contribution is 2.22. The SMILES string of the molecule is CCCNS(=O)(=O)c1ccc(NC2CCCCC2)cc1. The van der Waals surface area contributed by atoms with E-state index in [-0.39, 0.29) is 0 Å². The Bertz CT molecular complexity index is 505. The molecule has 112 valence electrons. The van der Waals surface area contributed by atoms with Gasteiger partial charge in [0, 0.05) is 18.3 Å². The molecule has 0 atom stereocenters. The number of hydrogen-bond donors (Lipinski definition) is 2. The van der Waals surface area contributed by atoms with Gasteiger partial charge in [-0.05, 0) is 43.5 Å². The van der Waals surface area contributed by atoms with Crippen LogP contribution in [0.4, 0.5) is 5.69 Å². The van der Waals surface area contributed by atoms with Gasteiger partial charge in [-0.2, -0.15) is 0 Å². The van der Waals surface area contributed by atoms with Crippen LogP contribution in [-0.4, -0.2) is 21.0 Å². The molecule has 1 saturated carbocycles. The first kappa shape index (κ1) is 15.3. The summed E-state index contributed by atoms with van der Waals surface area (Å²) in [6.45, 7) is 2.42. The van der Waals surface area contributed by atoms with E-state index in [9.17, 15) is 8.42 Å². The van der Waals surface area contributed by atoms with E-state index in [1.165, 1.54) is 32.1 Å². The third-order valence-corrected chi connectivity index (χ3v) is 5.16. The monoisotopic (exact) mass is 296 g/mol. The number of benzene rings is 1. The van der Waals surface area contributed by atoms with Gasteiger partial charge in [-0.3, -0.25) is 0 Å². The predicted octanol–water partition coefficient (Wildman–Crippen LogP) is 3.12. The molecule has 1 aliphatic rings. The molecule has 1 aromatic carbocycles. The molecule has 1 aliphatic carbocycles. The third-order valence-electron chi connectivity index (χ3n) is 3.68. The van der Waals surface area contributed by atoms with Gasteiger partial charge < -0.3 is 5.32 Å². The summed E-state index contributed by atoms with van der Waals surface area (Å²) < 4.78 is 26.5. The number of anilines is 1. The van der Waals surface area contributed by atoms with Crippen molar-refractivity contribution in [2.45, 2.75) is 56.4 Å². The minimum absolute atomic E-state index is 0.333. The average molecular weight is 296 g/mol. The van der Waals surface area contributed by atoms with Gasteiger partial charge in [-0.1, -0.05) is 26.2 Å². The molecule has 2 rings (SSSR count). The van der Waals surface area contributed by atoms with Crippen molar-refractivity contribution in [1.29, 1.82) is 0 Å². The summed E-state index contributed by atoms with van der Waals surface area (Å²) in [6, 6.07) is 7.58. The van der Waals surface area contributed by atoms with Crippen molar-refractivity contribution >= 4 is 15.7 Å². The van der Waals surface area contributed by atoms with Gasteiger partial charge in [0.25, 0.3) is 0 Å². The Hall–Kier alpha value is -1.07. The molecular weight excluding hydrogens is 272 g/mol. The number of hydrogen-bond acceptors (Lipinski definition) is 3. The van der Waals surface area contributed by atoms with Crippen LogP contribution in [0.3, 0.4) is 0 Å². The van der Waals surface area contributed by atoms with Crippen molar-refractivity contribution in [1.82, 2.24) is 4.72 Å².